The van der Waals surface area contributed by atoms with Crippen molar-refractivity contribution in [2.24, 2.45) is 0 Å². The van der Waals surface area contributed by atoms with Crippen LogP contribution in [0.3, 0.4) is 0 Å². The molecule has 0 radical (unpaired) electrons. The van der Waals surface area contributed by atoms with Gasteiger partial charge in [-0.1, -0.05) is 36.9 Å². The van der Waals surface area contributed by atoms with Crippen LogP contribution < -0.4 is 0 Å². The summed E-state index contributed by atoms with van der Waals surface area (Å²) in [4.78, 5) is 4.36. The molecule has 1 fully saturated rings. The minimum atomic E-state index is -3.69. The third-order valence-corrected chi connectivity index (χ3v) is 6.82. The summed E-state index contributed by atoms with van der Waals surface area (Å²) in [7, 11) is -3.69. The lowest BCUT2D eigenvalue weighted by atomic mass is 9.95. The Morgan fingerprint density at radius 3 is 2.56 bits per heavy atom. The van der Waals surface area contributed by atoms with Gasteiger partial charge in [-0.25, -0.2) is 17.8 Å². The first-order valence-electron chi connectivity index (χ1n) is 8.51. The van der Waals surface area contributed by atoms with Gasteiger partial charge in [-0.3, -0.25) is 0 Å². The monoisotopic (exact) mass is 384 g/mol. The van der Waals surface area contributed by atoms with E-state index >= 15 is 0 Å². The number of halogens is 2. The largest absolute Gasteiger partial charge is 0.316 e. The van der Waals surface area contributed by atoms with Gasteiger partial charge >= 0.3 is 0 Å². The SMILES string of the molecule is Cc1nc(S(=O)(=O)Cc2ccc(F)cc2Cl)n(C2CCCCC2)c1C. The second kappa shape index (κ2) is 7.08. The maximum atomic E-state index is 13.2. The van der Waals surface area contributed by atoms with Crippen LogP contribution in [0.5, 0.6) is 0 Å². The highest BCUT2D eigenvalue weighted by Crippen LogP contribution is 2.33. The van der Waals surface area contributed by atoms with Crippen molar-refractivity contribution in [3.8, 4) is 0 Å². The molecule has 136 valence electrons. The Hall–Kier alpha value is -1.40. The van der Waals surface area contributed by atoms with Crippen molar-refractivity contribution < 1.29 is 12.8 Å². The van der Waals surface area contributed by atoms with Crippen LogP contribution in [-0.4, -0.2) is 18.0 Å². The van der Waals surface area contributed by atoms with Gasteiger partial charge in [0.15, 0.2) is 0 Å². The molecule has 0 N–H and O–H groups in total. The smallest absolute Gasteiger partial charge is 0.228 e. The van der Waals surface area contributed by atoms with Crippen molar-refractivity contribution in [3.05, 3.63) is 46.0 Å². The van der Waals surface area contributed by atoms with E-state index in [-0.39, 0.29) is 22.0 Å². The van der Waals surface area contributed by atoms with Crippen LogP contribution in [0, 0.1) is 19.7 Å². The topological polar surface area (TPSA) is 52.0 Å². The molecular formula is C18H22ClFN2O2S. The molecule has 25 heavy (non-hydrogen) atoms. The first-order chi connectivity index (χ1) is 11.8. The molecule has 7 heteroatoms. The summed E-state index contributed by atoms with van der Waals surface area (Å²) in [6.07, 6.45) is 5.33. The number of benzene rings is 1. The average Bonchev–Trinajstić information content (AvgIpc) is 2.87. The number of rotatable bonds is 4. The van der Waals surface area contributed by atoms with Crippen LogP contribution in [0.1, 0.15) is 55.1 Å². The van der Waals surface area contributed by atoms with Gasteiger partial charge in [-0.05, 0) is 44.4 Å². The van der Waals surface area contributed by atoms with E-state index in [4.69, 9.17) is 11.6 Å². The molecule has 0 amide bonds. The molecule has 2 aromatic rings. The van der Waals surface area contributed by atoms with Crippen LogP contribution >= 0.6 is 11.6 Å². The predicted octanol–water partition coefficient (Wildman–Crippen LogP) is 4.77. The molecule has 0 aliphatic heterocycles. The minimum Gasteiger partial charge on any atom is -0.316 e. The number of nitrogens with zero attached hydrogens (tertiary/aromatic N) is 2. The van der Waals surface area contributed by atoms with E-state index in [1.807, 2.05) is 18.4 Å². The van der Waals surface area contributed by atoms with Gasteiger partial charge in [0.25, 0.3) is 0 Å². The molecule has 1 aromatic heterocycles. The highest BCUT2D eigenvalue weighted by molar-refractivity contribution is 7.90. The van der Waals surface area contributed by atoms with Gasteiger partial charge < -0.3 is 4.57 Å². The highest BCUT2D eigenvalue weighted by Gasteiger charge is 2.29. The fourth-order valence-electron chi connectivity index (χ4n) is 3.49. The first kappa shape index (κ1) is 18.4. The van der Waals surface area contributed by atoms with Crippen LogP contribution in [0.15, 0.2) is 23.4 Å². The molecule has 0 unspecified atom stereocenters. The summed E-state index contributed by atoms with van der Waals surface area (Å²) in [5.74, 6) is -0.768. The summed E-state index contributed by atoms with van der Waals surface area (Å²) in [6, 6.07) is 3.95. The second-order valence-corrected chi connectivity index (χ2v) is 9.01. The normalized spacial score (nSPS) is 16.3. The molecule has 0 bridgehead atoms. The van der Waals surface area contributed by atoms with Crippen LogP contribution in [0.4, 0.5) is 4.39 Å². The average molecular weight is 385 g/mol. The summed E-state index contributed by atoms with van der Waals surface area (Å²) in [6.45, 7) is 3.75. The van der Waals surface area contributed by atoms with E-state index in [1.165, 1.54) is 18.6 Å². The number of sulfone groups is 1. The van der Waals surface area contributed by atoms with Crippen molar-refractivity contribution in [3.63, 3.8) is 0 Å². The van der Waals surface area contributed by atoms with Gasteiger partial charge in [0, 0.05) is 16.8 Å². The molecule has 0 spiro atoms. The number of hydrogen-bond donors (Lipinski definition) is 0. The first-order valence-corrected chi connectivity index (χ1v) is 10.5. The number of aryl methyl sites for hydroxylation is 1. The molecule has 0 atom stereocenters. The van der Waals surface area contributed by atoms with E-state index in [1.54, 1.807) is 0 Å². The van der Waals surface area contributed by atoms with Crippen molar-refractivity contribution in [2.45, 2.75) is 62.9 Å². The zero-order chi connectivity index (χ0) is 18.2. The summed E-state index contributed by atoms with van der Waals surface area (Å²) >= 11 is 6.02. The Balaban J connectivity index is 2.00. The molecule has 1 saturated carbocycles. The fraction of sp³-hybridized carbons (Fsp3) is 0.500. The van der Waals surface area contributed by atoms with Gasteiger partial charge in [0.1, 0.15) is 5.82 Å². The van der Waals surface area contributed by atoms with E-state index in [9.17, 15) is 12.8 Å². The van der Waals surface area contributed by atoms with Crippen molar-refractivity contribution in [2.75, 3.05) is 0 Å². The van der Waals surface area contributed by atoms with Crippen LogP contribution in [0.2, 0.25) is 5.02 Å². The van der Waals surface area contributed by atoms with E-state index < -0.39 is 15.7 Å². The van der Waals surface area contributed by atoms with E-state index in [2.05, 4.69) is 4.98 Å². The quantitative estimate of drug-likeness (QED) is 0.762. The van der Waals surface area contributed by atoms with E-state index in [0.29, 0.717) is 5.56 Å². The lowest BCUT2D eigenvalue weighted by Gasteiger charge is -2.26. The lowest BCUT2D eigenvalue weighted by Crippen LogP contribution is -2.20. The Morgan fingerprint density at radius 2 is 1.92 bits per heavy atom. The zero-order valence-corrected chi connectivity index (χ0v) is 16.0. The Kier molecular flexibility index (Phi) is 5.21. The third kappa shape index (κ3) is 3.75. The highest BCUT2D eigenvalue weighted by atomic mass is 35.5. The van der Waals surface area contributed by atoms with Crippen molar-refractivity contribution in [1.82, 2.24) is 9.55 Å². The molecule has 1 aliphatic carbocycles. The number of imidazole rings is 1. The zero-order valence-electron chi connectivity index (χ0n) is 14.4. The maximum Gasteiger partial charge on any atom is 0.228 e. The Morgan fingerprint density at radius 1 is 1.24 bits per heavy atom. The summed E-state index contributed by atoms with van der Waals surface area (Å²) < 4.78 is 41.2. The molecule has 1 aromatic carbocycles. The van der Waals surface area contributed by atoms with E-state index in [0.717, 1.165) is 43.1 Å². The molecule has 0 saturated heterocycles. The maximum absolute atomic E-state index is 13.2. The Bertz CT molecular complexity index is 887. The van der Waals surface area contributed by atoms with Gasteiger partial charge in [0.05, 0.1) is 11.4 Å². The van der Waals surface area contributed by atoms with Gasteiger partial charge in [-0.15, -0.1) is 0 Å². The summed E-state index contributed by atoms with van der Waals surface area (Å²) in [5.41, 5.74) is 2.02. The van der Waals surface area contributed by atoms with Crippen molar-refractivity contribution in [1.29, 1.82) is 0 Å². The molecular weight excluding hydrogens is 363 g/mol. The molecule has 1 heterocycles. The van der Waals surface area contributed by atoms with Crippen molar-refractivity contribution >= 4 is 21.4 Å². The second-order valence-electron chi connectivity index (χ2n) is 6.72. The fourth-order valence-corrected chi connectivity index (χ4v) is 5.46. The molecule has 1 aliphatic rings. The molecule has 3 rings (SSSR count). The van der Waals surface area contributed by atoms with Crippen LogP contribution in [0.25, 0.3) is 0 Å². The summed E-state index contributed by atoms with van der Waals surface area (Å²) in [5, 5.41) is 0.225. The standard InChI is InChI=1S/C18H22ClFN2O2S/c1-12-13(2)22(16-6-4-3-5-7-16)18(21-12)25(23,24)11-14-8-9-15(20)10-17(14)19/h8-10,16H,3-7,11H2,1-2H3. The van der Waals surface area contributed by atoms with Gasteiger partial charge in [0.2, 0.25) is 15.0 Å². The lowest BCUT2D eigenvalue weighted by molar-refractivity contribution is 0.329. The van der Waals surface area contributed by atoms with Gasteiger partial charge in [-0.2, -0.15) is 0 Å². The third-order valence-electron chi connectivity index (χ3n) is 4.93. The minimum absolute atomic E-state index is 0.106. The number of aromatic nitrogens is 2. The Labute approximate surface area is 153 Å². The predicted molar refractivity (Wildman–Crippen MR) is 96.1 cm³/mol. The number of hydrogen-bond acceptors (Lipinski definition) is 3. The van der Waals surface area contributed by atoms with Crippen LogP contribution in [-0.2, 0) is 15.6 Å². The molecule has 4 nitrogen and oxygen atoms in total.